The van der Waals surface area contributed by atoms with Crippen molar-refractivity contribution in [1.82, 2.24) is 0 Å². The minimum Gasteiger partial charge on any atom is -0.375 e. The third-order valence-electron chi connectivity index (χ3n) is 4.10. The Morgan fingerprint density at radius 3 is 2.46 bits per heavy atom. The van der Waals surface area contributed by atoms with E-state index in [1.165, 1.54) is 6.08 Å². The van der Waals surface area contributed by atoms with Gasteiger partial charge in [-0.2, -0.15) is 0 Å². The SMILES string of the molecule is CO[C@@H]1[C@H]2OC(C)(C)O[C@H]2O[C@@H]1/C=C/S(=O)(=O)c1ccc(C)cc1. The highest BCUT2D eigenvalue weighted by Gasteiger charge is 2.54. The van der Waals surface area contributed by atoms with Crippen LogP contribution < -0.4 is 0 Å². The van der Waals surface area contributed by atoms with E-state index in [9.17, 15) is 8.42 Å². The summed E-state index contributed by atoms with van der Waals surface area (Å²) in [5, 5.41) is 1.15. The second-order valence-corrected chi connectivity index (χ2v) is 8.29. The molecule has 0 N–H and O–H groups in total. The van der Waals surface area contributed by atoms with E-state index >= 15 is 0 Å². The summed E-state index contributed by atoms with van der Waals surface area (Å²) >= 11 is 0. The summed E-state index contributed by atoms with van der Waals surface area (Å²) < 4.78 is 47.4. The van der Waals surface area contributed by atoms with Crippen molar-refractivity contribution in [3.8, 4) is 0 Å². The molecule has 0 radical (unpaired) electrons. The van der Waals surface area contributed by atoms with Gasteiger partial charge in [-0.25, -0.2) is 8.42 Å². The number of aryl methyl sites for hydroxylation is 1. The highest BCUT2D eigenvalue weighted by atomic mass is 32.2. The zero-order valence-electron chi connectivity index (χ0n) is 14.1. The summed E-state index contributed by atoms with van der Waals surface area (Å²) in [6.45, 7) is 5.50. The lowest BCUT2D eigenvalue weighted by Crippen LogP contribution is -2.35. The van der Waals surface area contributed by atoms with Crippen molar-refractivity contribution in [2.24, 2.45) is 0 Å². The van der Waals surface area contributed by atoms with Crippen LogP contribution in [-0.2, 0) is 28.8 Å². The van der Waals surface area contributed by atoms with Gasteiger partial charge in [0.2, 0.25) is 0 Å². The highest BCUT2D eigenvalue weighted by molar-refractivity contribution is 7.94. The fourth-order valence-electron chi connectivity index (χ4n) is 2.91. The molecule has 7 heteroatoms. The molecule has 0 saturated carbocycles. The van der Waals surface area contributed by atoms with Crippen LogP contribution in [-0.4, -0.2) is 45.9 Å². The lowest BCUT2D eigenvalue weighted by molar-refractivity contribution is -0.210. The van der Waals surface area contributed by atoms with Gasteiger partial charge in [-0.1, -0.05) is 17.7 Å². The number of benzene rings is 1. The first-order valence-electron chi connectivity index (χ1n) is 7.76. The topological polar surface area (TPSA) is 71.1 Å². The van der Waals surface area contributed by atoms with Crippen LogP contribution in [0.25, 0.3) is 0 Å². The fourth-order valence-corrected chi connectivity index (χ4v) is 3.95. The van der Waals surface area contributed by atoms with E-state index in [2.05, 4.69) is 0 Å². The number of hydrogen-bond donors (Lipinski definition) is 0. The quantitative estimate of drug-likeness (QED) is 0.825. The monoisotopic (exact) mass is 354 g/mol. The zero-order chi connectivity index (χ0) is 17.5. The fraction of sp³-hybridized carbons (Fsp3) is 0.529. The average molecular weight is 354 g/mol. The first-order chi connectivity index (χ1) is 11.2. The van der Waals surface area contributed by atoms with Gasteiger partial charge in [-0.05, 0) is 39.0 Å². The van der Waals surface area contributed by atoms with E-state index in [1.807, 2.05) is 6.92 Å². The summed E-state index contributed by atoms with van der Waals surface area (Å²) in [7, 11) is -2.00. The summed E-state index contributed by atoms with van der Waals surface area (Å²) in [4.78, 5) is 0.241. The van der Waals surface area contributed by atoms with Gasteiger partial charge in [0.1, 0.15) is 18.3 Å². The minimum atomic E-state index is -3.54. The Labute approximate surface area is 142 Å². The molecular formula is C17H22O6S. The average Bonchev–Trinajstić information content (AvgIpc) is 2.96. The van der Waals surface area contributed by atoms with Gasteiger partial charge in [0, 0.05) is 12.5 Å². The summed E-state index contributed by atoms with van der Waals surface area (Å²) in [5.41, 5.74) is 1.00. The largest absolute Gasteiger partial charge is 0.375 e. The Balaban J connectivity index is 1.76. The molecule has 2 fully saturated rings. The van der Waals surface area contributed by atoms with Gasteiger partial charge in [0.25, 0.3) is 0 Å². The van der Waals surface area contributed by atoms with E-state index in [4.69, 9.17) is 18.9 Å². The molecule has 0 aliphatic carbocycles. The molecule has 0 spiro atoms. The Bertz CT molecular complexity index is 722. The van der Waals surface area contributed by atoms with Gasteiger partial charge in [-0.3, -0.25) is 0 Å². The molecule has 2 aliphatic rings. The molecule has 6 nitrogen and oxygen atoms in total. The molecule has 0 amide bonds. The molecule has 2 aliphatic heterocycles. The molecule has 0 unspecified atom stereocenters. The van der Waals surface area contributed by atoms with Crippen LogP contribution in [0.3, 0.4) is 0 Å². The summed E-state index contributed by atoms with van der Waals surface area (Å²) in [6.07, 6.45) is -0.451. The molecule has 1 aromatic rings. The summed E-state index contributed by atoms with van der Waals surface area (Å²) in [6, 6.07) is 6.70. The maximum atomic E-state index is 12.4. The Morgan fingerprint density at radius 2 is 1.83 bits per heavy atom. The number of hydrogen-bond acceptors (Lipinski definition) is 6. The van der Waals surface area contributed by atoms with Gasteiger partial charge >= 0.3 is 0 Å². The van der Waals surface area contributed by atoms with Crippen molar-refractivity contribution in [3.05, 3.63) is 41.3 Å². The second kappa shape index (κ2) is 6.24. The van der Waals surface area contributed by atoms with Crippen molar-refractivity contribution >= 4 is 9.84 Å². The molecule has 0 bridgehead atoms. The van der Waals surface area contributed by atoms with Gasteiger partial charge in [0.05, 0.1) is 4.90 Å². The predicted octanol–water partition coefficient (Wildman–Crippen LogP) is 2.17. The molecule has 24 heavy (non-hydrogen) atoms. The molecule has 0 aromatic heterocycles. The van der Waals surface area contributed by atoms with Crippen LogP contribution >= 0.6 is 0 Å². The maximum absolute atomic E-state index is 12.4. The van der Waals surface area contributed by atoms with Crippen LogP contribution in [0.2, 0.25) is 0 Å². The second-order valence-electron chi connectivity index (χ2n) is 6.46. The van der Waals surface area contributed by atoms with Crippen molar-refractivity contribution in [3.63, 3.8) is 0 Å². The van der Waals surface area contributed by atoms with Crippen LogP contribution in [0.5, 0.6) is 0 Å². The number of methoxy groups -OCH3 is 1. The predicted molar refractivity (Wildman–Crippen MR) is 87.0 cm³/mol. The van der Waals surface area contributed by atoms with Crippen molar-refractivity contribution < 1.29 is 27.4 Å². The molecule has 3 rings (SSSR count). The third-order valence-corrected chi connectivity index (χ3v) is 5.54. The molecule has 1 aromatic carbocycles. The first-order valence-corrected chi connectivity index (χ1v) is 9.30. The van der Waals surface area contributed by atoms with Gasteiger partial charge in [0.15, 0.2) is 21.9 Å². The van der Waals surface area contributed by atoms with E-state index in [0.29, 0.717) is 0 Å². The Kier molecular flexibility index (Phi) is 4.57. The summed E-state index contributed by atoms with van der Waals surface area (Å²) in [5.74, 6) is -0.741. The highest BCUT2D eigenvalue weighted by Crippen LogP contribution is 2.38. The molecular weight excluding hydrogens is 332 g/mol. The van der Waals surface area contributed by atoms with Crippen LogP contribution in [0, 0.1) is 6.92 Å². The zero-order valence-corrected chi connectivity index (χ0v) is 14.9. The van der Waals surface area contributed by atoms with Crippen LogP contribution in [0.15, 0.2) is 40.6 Å². The van der Waals surface area contributed by atoms with E-state index in [1.54, 1.807) is 45.2 Å². The van der Waals surface area contributed by atoms with Crippen molar-refractivity contribution in [2.45, 2.75) is 56.1 Å². The smallest absolute Gasteiger partial charge is 0.199 e. The van der Waals surface area contributed by atoms with E-state index in [-0.39, 0.29) is 11.0 Å². The van der Waals surface area contributed by atoms with Gasteiger partial charge in [-0.15, -0.1) is 0 Å². The standard InChI is InChI=1S/C17H22O6S/c1-11-5-7-12(8-6-11)24(18,19)10-9-13-14(20-4)15-16(21-13)23-17(2,3)22-15/h5-10,13-16H,1-4H3/b10-9+/t13-,14+,15-,16-/m1/s1. The van der Waals surface area contributed by atoms with Crippen LogP contribution in [0.1, 0.15) is 19.4 Å². The number of sulfone groups is 1. The Hall–Kier alpha value is -1.25. The van der Waals surface area contributed by atoms with Crippen molar-refractivity contribution in [1.29, 1.82) is 0 Å². The maximum Gasteiger partial charge on any atom is 0.199 e. The van der Waals surface area contributed by atoms with Crippen molar-refractivity contribution in [2.75, 3.05) is 7.11 Å². The number of ether oxygens (including phenoxy) is 4. The number of fused-ring (bicyclic) bond motifs is 1. The van der Waals surface area contributed by atoms with Gasteiger partial charge < -0.3 is 18.9 Å². The molecule has 132 valence electrons. The first kappa shape index (κ1) is 17.6. The van der Waals surface area contributed by atoms with E-state index in [0.717, 1.165) is 11.0 Å². The third kappa shape index (κ3) is 3.41. The number of rotatable bonds is 4. The molecule has 2 saturated heterocycles. The minimum absolute atomic E-state index is 0.241. The van der Waals surface area contributed by atoms with E-state index < -0.39 is 34.1 Å². The molecule has 4 atom stereocenters. The normalized spacial score (nSPS) is 32.3. The lowest BCUT2D eigenvalue weighted by Gasteiger charge is -2.23. The Morgan fingerprint density at radius 1 is 1.17 bits per heavy atom. The lowest BCUT2D eigenvalue weighted by atomic mass is 10.1. The van der Waals surface area contributed by atoms with Crippen LogP contribution in [0.4, 0.5) is 0 Å². The molecule has 2 heterocycles.